The molecule has 0 aromatic heterocycles. The van der Waals surface area contributed by atoms with Crippen LogP contribution in [0, 0.1) is 0 Å². The van der Waals surface area contributed by atoms with Crippen LogP contribution in [0.1, 0.15) is 27.7 Å². The number of hydrogen-bond acceptors (Lipinski definition) is 3. The van der Waals surface area contributed by atoms with E-state index < -0.39 is 11.7 Å². The summed E-state index contributed by atoms with van der Waals surface area (Å²) in [7, 11) is 0. The summed E-state index contributed by atoms with van der Waals surface area (Å²) in [6.07, 6.45) is -0.583. The van der Waals surface area contributed by atoms with E-state index in [0.29, 0.717) is 6.54 Å². The molecule has 0 aliphatic carbocycles. The quantitative estimate of drug-likeness (QED) is 0.641. The van der Waals surface area contributed by atoms with Crippen molar-refractivity contribution in [1.29, 1.82) is 0 Å². The minimum absolute atomic E-state index is 0.141. The highest BCUT2D eigenvalue weighted by Gasteiger charge is 2.35. The van der Waals surface area contributed by atoms with E-state index in [9.17, 15) is 9.59 Å². The van der Waals surface area contributed by atoms with Gasteiger partial charge in [-0.05, 0) is 27.7 Å². The van der Waals surface area contributed by atoms with Crippen LogP contribution in [0.2, 0.25) is 0 Å². The molecule has 1 aliphatic heterocycles. The second-order valence-corrected chi connectivity index (χ2v) is 4.39. The lowest BCUT2D eigenvalue weighted by Crippen LogP contribution is -2.41. The number of carbonyl (C=O) groups excluding carboxylic acids is 2. The van der Waals surface area contributed by atoms with Crippen LogP contribution in [0.25, 0.3) is 0 Å². The van der Waals surface area contributed by atoms with Crippen molar-refractivity contribution in [3.8, 4) is 0 Å². The number of nitrogens with one attached hydrogen (secondary N) is 1. The molecule has 0 aromatic rings. The van der Waals surface area contributed by atoms with Crippen LogP contribution in [-0.4, -0.2) is 35.2 Å². The standard InChI is InChI=1S/C9H16N2O3/c1-6-5-10-7(12)11(6)8(13)14-9(2,3)4/h6H,5H2,1-4H3,(H,10,12). The fraction of sp³-hybridized carbons (Fsp3) is 0.778. The molecular weight excluding hydrogens is 184 g/mol. The summed E-state index contributed by atoms with van der Waals surface area (Å²) in [6.45, 7) is 7.58. The highest BCUT2D eigenvalue weighted by molar-refractivity contribution is 5.93. The third kappa shape index (κ3) is 2.37. The summed E-state index contributed by atoms with van der Waals surface area (Å²) in [6, 6.07) is -0.524. The monoisotopic (exact) mass is 200 g/mol. The summed E-state index contributed by atoms with van der Waals surface area (Å²) in [4.78, 5) is 23.9. The molecule has 5 heteroatoms. The molecule has 1 rings (SSSR count). The molecule has 5 nitrogen and oxygen atoms in total. The van der Waals surface area contributed by atoms with Gasteiger partial charge in [-0.2, -0.15) is 0 Å². The third-order valence-corrected chi connectivity index (χ3v) is 1.80. The predicted octanol–water partition coefficient (Wildman–Crippen LogP) is 1.34. The van der Waals surface area contributed by atoms with Gasteiger partial charge in [-0.1, -0.05) is 0 Å². The normalized spacial score (nSPS) is 22.1. The number of hydrogen-bond donors (Lipinski definition) is 1. The minimum atomic E-state index is -0.583. The predicted molar refractivity (Wildman–Crippen MR) is 50.9 cm³/mol. The van der Waals surface area contributed by atoms with Crippen LogP contribution in [0.3, 0.4) is 0 Å². The van der Waals surface area contributed by atoms with Crippen molar-refractivity contribution in [3.63, 3.8) is 0 Å². The number of amides is 3. The number of ether oxygens (including phenoxy) is 1. The summed E-state index contributed by atoms with van der Waals surface area (Å²) in [5, 5.41) is 2.57. The summed E-state index contributed by atoms with van der Waals surface area (Å²) in [5.74, 6) is 0. The molecule has 14 heavy (non-hydrogen) atoms. The van der Waals surface area contributed by atoms with E-state index >= 15 is 0 Å². The van der Waals surface area contributed by atoms with Crippen molar-refractivity contribution < 1.29 is 14.3 Å². The first kappa shape index (κ1) is 10.8. The van der Waals surface area contributed by atoms with Gasteiger partial charge < -0.3 is 10.1 Å². The van der Waals surface area contributed by atoms with Gasteiger partial charge in [0.15, 0.2) is 0 Å². The van der Waals surface area contributed by atoms with Crippen molar-refractivity contribution in [2.45, 2.75) is 39.3 Å². The van der Waals surface area contributed by atoms with Crippen molar-refractivity contribution in [2.75, 3.05) is 6.54 Å². The largest absolute Gasteiger partial charge is 0.443 e. The zero-order valence-corrected chi connectivity index (χ0v) is 8.96. The first-order chi connectivity index (χ1) is 6.31. The molecule has 0 saturated carbocycles. The molecule has 1 heterocycles. The number of urea groups is 1. The van der Waals surface area contributed by atoms with Crippen LogP contribution in [0.5, 0.6) is 0 Å². The molecule has 1 fully saturated rings. The Morgan fingerprint density at radius 3 is 2.50 bits per heavy atom. The molecule has 3 amide bonds. The van der Waals surface area contributed by atoms with Gasteiger partial charge in [0.1, 0.15) is 5.60 Å². The number of carbonyl (C=O) groups is 2. The van der Waals surface area contributed by atoms with Crippen molar-refractivity contribution >= 4 is 12.1 Å². The zero-order valence-electron chi connectivity index (χ0n) is 8.96. The van der Waals surface area contributed by atoms with E-state index in [1.165, 1.54) is 0 Å². The Labute approximate surface area is 83.4 Å². The highest BCUT2D eigenvalue weighted by Crippen LogP contribution is 2.14. The van der Waals surface area contributed by atoms with Crippen LogP contribution < -0.4 is 5.32 Å². The van der Waals surface area contributed by atoms with E-state index in [4.69, 9.17) is 4.74 Å². The molecule has 1 atom stereocenters. The van der Waals surface area contributed by atoms with Crippen molar-refractivity contribution in [2.24, 2.45) is 0 Å². The van der Waals surface area contributed by atoms with Crippen LogP contribution in [0.4, 0.5) is 9.59 Å². The fourth-order valence-corrected chi connectivity index (χ4v) is 1.19. The van der Waals surface area contributed by atoms with Gasteiger partial charge in [-0.3, -0.25) is 0 Å². The molecule has 1 aliphatic rings. The maximum absolute atomic E-state index is 11.5. The lowest BCUT2D eigenvalue weighted by molar-refractivity contribution is 0.0310. The topological polar surface area (TPSA) is 58.6 Å². The Morgan fingerprint density at radius 1 is 1.57 bits per heavy atom. The minimum Gasteiger partial charge on any atom is -0.443 e. The Bertz CT molecular complexity index is 257. The molecule has 0 spiro atoms. The van der Waals surface area contributed by atoms with E-state index in [2.05, 4.69) is 5.32 Å². The molecule has 80 valence electrons. The Morgan fingerprint density at radius 2 is 2.14 bits per heavy atom. The lowest BCUT2D eigenvalue weighted by atomic mass is 10.2. The molecule has 0 radical (unpaired) electrons. The molecule has 1 unspecified atom stereocenters. The van der Waals surface area contributed by atoms with Gasteiger partial charge in [-0.25, -0.2) is 14.5 Å². The average Bonchev–Trinajstić information content (AvgIpc) is 2.27. The Balaban J connectivity index is 2.65. The van der Waals surface area contributed by atoms with Gasteiger partial charge in [0.2, 0.25) is 0 Å². The number of imide groups is 1. The molecule has 1 N–H and O–H groups in total. The molecule has 0 aromatic carbocycles. The fourth-order valence-electron chi connectivity index (χ4n) is 1.19. The Hall–Kier alpha value is -1.26. The molecule has 1 saturated heterocycles. The highest BCUT2D eigenvalue weighted by atomic mass is 16.6. The second kappa shape index (κ2) is 3.48. The zero-order chi connectivity index (χ0) is 10.9. The van der Waals surface area contributed by atoms with Crippen molar-refractivity contribution in [3.05, 3.63) is 0 Å². The van der Waals surface area contributed by atoms with Crippen LogP contribution in [-0.2, 0) is 4.74 Å². The van der Waals surface area contributed by atoms with Crippen molar-refractivity contribution in [1.82, 2.24) is 10.2 Å². The number of rotatable bonds is 0. The van der Waals surface area contributed by atoms with Crippen LogP contribution in [0.15, 0.2) is 0 Å². The third-order valence-electron chi connectivity index (χ3n) is 1.80. The Kier molecular flexibility index (Phi) is 2.69. The summed E-state index contributed by atoms with van der Waals surface area (Å²) >= 11 is 0. The van der Waals surface area contributed by atoms with Gasteiger partial charge in [0.25, 0.3) is 0 Å². The average molecular weight is 200 g/mol. The maximum atomic E-state index is 11.5. The first-order valence-electron chi connectivity index (χ1n) is 4.61. The summed E-state index contributed by atoms with van der Waals surface area (Å²) < 4.78 is 5.09. The molecular formula is C9H16N2O3. The lowest BCUT2D eigenvalue weighted by Gasteiger charge is -2.24. The first-order valence-corrected chi connectivity index (χ1v) is 4.61. The SMILES string of the molecule is CC1CNC(=O)N1C(=O)OC(C)(C)C. The summed E-state index contributed by atoms with van der Waals surface area (Å²) in [5.41, 5.74) is -0.570. The van der Waals surface area contributed by atoms with E-state index in [1.807, 2.05) is 0 Å². The second-order valence-electron chi connectivity index (χ2n) is 4.39. The van der Waals surface area contributed by atoms with Crippen LogP contribution >= 0.6 is 0 Å². The smallest absolute Gasteiger partial charge is 0.418 e. The molecule has 0 bridgehead atoms. The van der Waals surface area contributed by atoms with Gasteiger partial charge in [0, 0.05) is 6.54 Å². The van der Waals surface area contributed by atoms with Gasteiger partial charge in [0.05, 0.1) is 6.04 Å². The van der Waals surface area contributed by atoms with Gasteiger partial charge in [-0.15, -0.1) is 0 Å². The number of nitrogens with zero attached hydrogens (tertiary/aromatic N) is 1. The van der Waals surface area contributed by atoms with E-state index in [-0.39, 0.29) is 12.1 Å². The van der Waals surface area contributed by atoms with Gasteiger partial charge >= 0.3 is 12.1 Å². The maximum Gasteiger partial charge on any atom is 0.418 e. The van der Waals surface area contributed by atoms with E-state index in [1.54, 1.807) is 27.7 Å². The van der Waals surface area contributed by atoms with E-state index in [0.717, 1.165) is 4.90 Å².